The second-order valence-corrected chi connectivity index (χ2v) is 12.3. The summed E-state index contributed by atoms with van der Waals surface area (Å²) in [5.41, 5.74) is 0.821. The van der Waals surface area contributed by atoms with E-state index in [0.717, 1.165) is 42.1 Å². The van der Waals surface area contributed by atoms with E-state index in [9.17, 15) is 22.4 Å². The van der Waals surface area contributed by atoms with Gasteiger partial charge in [0.25, 0.3) is 10.0 Å². The number of sulfonamides is 1. The molecule has 1 saturated carbocycles. The third-order valence-electron chi connectivity index (χ3n) is 7.62. The Morgan fingerprint density at radius 3 is 2.21 bits per heavy atom. The maximum atomic E-state index is 14.2. The SMILES string of the molecule is CCC(C(=O)NC1CCCC1)N(Cc1cccc(OC)c1)C(=O)CN(c1ccc(F)cc1)S(=O)(=O)c1ccc(OC)cc1. The van der Waals surface area contributed by atoms with Crippen LogP contribution in [-0.2, 0) is 26.2 Å². The van der Waals surface area contributed by atoms with Crippen molar-refractivity contribution in [1.82, 2.24) is 10.2 Å². The summed E-state index contributed by atoms with van der Waals surface area (Å²) < 4.78 is 53.2. The van der Waals surface area contributed by atoms with E-state index in [0.29, 0.717) is 23.5 Å². The van der Waals surface area contributed by atoms with Crippen LogP contribution in [0.25, 0.3) is 0 Å². The Bertz CT molecular complexity index is 1490. The molecule has 43 heavy (non-hydrogen) atoms. The van der Waals surface area contributed by atoms with Gasteiger partial charge < -0.3 is 19.7 Å². The molecule has 3 aromatic carbocycles. The standard InChI is InChI=1S/C32H38FN3O6S/c1-4-30(32(38)34-25-9-5-6-10-25)35(21-23-8-7-11-28(20-23)42-3)31(37)22-36(26-14-12-24(33)13-15-26)43(39,40)29-18-16-27(41-2)17-19-29/h7-8,11-20,25,30H,4-6,9-10,21-22H2,1-3H3,(H,34,38). The van der Waals surface area contributed by atoms with Gasteiger partial charge in [0, 0.05) is 12.6 Å². The molecule has 0 bridgehead atoms. The highest BCUT2D eigenvalue weighted by molar-refractivity contribution is 7.92. The van der Waals surface area contributed by atoms with E-state index in [1.807, 2.05) is 13.0 Å². The molecule has 11 heteroatoms. The molecule has 1 fully saturated rings. The van der Waals surface area contributed by atoms with Gasteiger partial charge in [-0.15, -0.1) is 0 Å². The summed E-state index contributed by atoms with van der Waals surface area (Å²) in [6, 6.07) is 17.0. The van der Waals surface area contributed by atoms with Crippen molar-refractivity contribution in [2.45, 2.75) is 62.6 Å². The molecule has 9 nitrogen and oxygen atoms in total. The van der Waals surface area contributed by atoms with Crippen molar-refractivity contribution in [2.75, 3.05) is 25.1 Å². The minimum absolute atomic E-state index is 0.0430. The third kappa shape index (κ3) is 7.84. The summed E-state index contributed by atoms with van der Waals surface area (Å²) >= 11 is 0. The summed E-state index contributed by atoms with van der Waals surface area (Å²) in [6.45, 7) is 1.25. The molecule has 0 radical (unpaired) electrons. The number of nitrogens with one attached hydrogen (secondary N) is 1. The Labute approximate surface area is 252 Å². The summed E-state index contributed by atoms with van der Waals surface area (Å²) in [5.74, 6) is -0.365. The Hall–Kier alpha value is -4.12. The molecule has 0 saturated heterocycles. The van der Waals surface area contributed by atoms with Crippen LogP contribution in [-0.4, -0.2) is 58.0 Å². The smallest absolute Gasteiger partial charge is 0.264 e. The minimum Gasteiger partial charge on any atom is -0.497 e. The van der Waals surface area contributed by atoms with E-state index in [1.165, 1.54) is 55.5 Å². The fraction of sp³-hybridized carbons (Fsp3) is 0.375. The van der Waals surface area contributed by atoms with E-state index in [1.54, 1.807) is 18.2 Å². The predicted molar refractivity (Wildman–Crippen MR) is 162 cm³/mol. The molecule has 4 rings (SSSR count). The number of amides is 2. The molecule has 0 spiro atoms. The zero-order chi connectivity index (χ0) is 31.0. The maximum Gasteiger partial charge on any atom is 0.264 e. The van der Waals surface area contributed by atoms with E-state index < -0.39 is 34.3 Å². The predicted octanol–water partition coefficient (Wildman–Crippen LogP) is 4.90. The first-order valence-electron chi connectivity index (χ1n) is 14.3. The Balaban J connectivity index is 1.71. The zero-order valence-electron chi connectivity index (χ0n) is 24.7. The molecule has 2 amide bonds. The summed E-state index contributed by atoms with van der Waals surface area (Å²) in [6.07, 6.45) is 4.14. The van der Waals surface area contributed by atoms with Crippen molar-refractivity contribution in [2.24, 2.45) is 0 Å². The van der Waals surface area contributed by atoms with Crippen molar-refractivity contribution < 1.29 is 31.9 Å². The second kappa shape index (κ2) is 14.4. The van der Waals surface area contributed by atoms with E-state index in [4.69, 9.17) is 9.47 Å². The molecular formula is C32H38FN3O6S. The fourth-order valence-corrected chi connectivity index (χ4v) is 6.68. The van der Waals surface area contributed by atoms with Gasteiger partial charge in [0.05, 0.1) is 24.8 Å². The number of hydrogen-bond acceptors (Lipinski definition) is 6. The van der Waals surface area contributed by atoms with Crippen molar-refractivity contribution >= 4 is 27.5 Å². The Morgan fingerprint density at radius 2 is 1.60 bits per heavy atom. The van der Waals surface area contributed by atoms with Gasteiger partial charge in [0.2, 0.25) is 11.8 Å². The molecule has 0 aliphatic heterocycles. The maximum absolute atomic E-state index is 14.2. The fourth-order valence-electron chi connectivity index (χ4n) is 5.27. The first-order valence-corrected chi connectivity index (χ1v) is 15.8. The van der Waals surface area contributed by atoms with E-state index in [-0.39, 0.29) is 29.1 Å². The van der Waals surface area contributed by atoms with Crippen LogP contribution in [0.1, 0.15) is 44.6 Å². The lowest BCUT2D eigenvalue weighted by Gasteiger charge is -2.33. The lowest BCUT2D eigenvalue weighted by molar-refractivity contribution is -0.140. The molecule has 1 unspecified atom stereocenters. The van der Waals surface area contributed by atoms with Crippen molar-refractivity contribution in [3.63, 3.8) is 0 Å². The number of carbonyl (C=O) groups excluding carboxylic acids is 2. The number of nitrogens with zero attached hydrogens (tertiary/aromatic N) is 2. The first-order chi connectivity index (χ1) is 20.7. The molecule has 1 aliphatic carbocycles. The number of methoxy groups -OCH3 is 2. The van der Waals surface area contributed by atoms with Crippen molar-refractivity contribution in [3.05, 3.63) is 84.2 Å². The van der Waals surface area contributed by atoms with Gasteiger partial charge >= 0.3 is 0 Å². The van der Waals surface area contributed by atoms with Gasteiger partial charge in [0.1, 0.15) is 29.9 Å². The highest BCUT2D eigenvalue weighted by Crippen LogP contribution is 2.27. The zero-order valence-corrected chi connectivity index (χ0v) is 25.5. The van der Waals surface area contributed by atoms with Crippen LogP contribution >= 0.6 is 0 Å². The molecule has 0 aromatic heterocycles. The van der Waals surface area contributed by atoms with Gasteiger partial charge in [-0.1, -0.05) is 31.9 Å². The molecule has 1 aliphatic rings. The molecule has 1 atom stereocenters. The largest absolute Gasteiger partial charge is 0.497 e. The van der Waals surface area contributed by atoms with Gasteiger partial charge in [0.15, 0.2) is 0 Å². The summed E-state index contributed by atoms with van der Waals surface area (Å²) in [5, 5.41) is 3.09. The monoisotopic (exact) mass is 611 g/mol. The average molecular weight is 612 g/mol. The number of halogens is 1. The normalized spacial score (nSPS) is 14.1. The lowest BCUT2D eigenvalue weighted by Crippen LogP contribution is -2.53. The van der Waals surface area contributed by atoms with Gasteiger partial charge in [-0.05, 0) is 85.5 Å². The topological polar surface area (TPSA) is 105 Å². The van der Waals surface area contributed by atoms with Crippen LogP contribution < -0.4 is 19.1 Å². The molecule has 3 aromatic rings. The number of rotatable bonds is 13. The molecule has 1 N–H and O–H groups in total. The molecular weight excluding hydrogens is 573 g/mol. The average Bonchev–Trinajstić information content (AvgIpc) is 3.53. The van der Waals surface area contributed by atoms with Crippen molar-refractivity contribution in [3.8, 4) is 11.5 Å². The number of benzene rings is 3. The van der Waals surface area contributed by atoms with Crippen molar-refractivity contribution in [1.29, 1.82) is 0 Å². The van der Waals surface area contributed by atoms with Crippen LogP contribution in [0.3, 0.4) is 0 Å². The third-order valence-corrected chi connectivity index (χ3v) is 9.40. The Morgan fingerprint density at radius 1 is 0.953 bits per heavy atom. The Kier molecular flexibility index (Phi) is 10.6. The summed E-state index contributed by atoms with van der Waals surface area (Å²) in [7, 11) is -1.28. The van der Waals surface area contributed by atoms with Crippen LogP contribution in [0, 0.1) is 5.82 Å². The van der Waals surface area contributed by atoms with E-state index in [2.05, 4.69) is 5.32 Å². The minimum atomic E-state index is -4.29. The quantitative estimate of drug-likeness (QED) is 0.295. The second-order valence-electron chi connectivity index (χ2n) is 10.5. The highest BCUT2D eigenvalue weighted by Gasteiger charge is 2.34. The van der Waals surface area contributed by atoms with Crippen LogP contribution in [0.2, 0.25) is 0 Å². The van der Waals surface area contributed by atoms with Crippen LogP contribution in [0.15, 0.2) is 77.7 Å². The van der Waals surface area contributed by atoms with Gasteiger partial charge in [-0.25, -0.2) is 12.8 Å². The molecule has 0 heterocycles. The summed E-state index contributed by atoms with van der Waals surface area (Å²) in [4.78, 5) is 29.1. The molecule has 230 valence electrons. The number of ether oxygens (including phenoxy) is 2. The number of anilines is 1. The highest BCUT2D eigenvalue weighted by atomic mass is 32.2. The van der Waals surface area contributed by atoms with Crippen LogP contribution in [0.4, 0.5) is 10.1 Å². The van der Waals surface area contributed by atoms with Gasteiger partial charge in [-0.3, -0.25) is 13.9 Å². The van der Waals surface area contributed by atoms with Gasteiger partial charge in [-0.2, -0.15) is 0 Å². The number of hydrogen-bond donors (Lipinski definition) is 1. The number of carbonyl (C=O) groups is 2. The first kappa shape index (κ1) is 31.8. The van der Waals surface area contributed by atoms with E-state index >= 15 is 0 Å². The van der Waals surface area contributed by atoms with Crippen LogP contribution in [0.5, 0.6) is 11.5 Å². The lowest BCUT2D eigenvalue weighted by atomic mass is 10.1.